The molecule has 0 aliphatic heterocycles. The molecule has 0 amide bonds. The van der Waals surface area contributed by atoms with Crippen molar-refractivity contribution >= 4 is 40.8 Å². The summed E-state index contributed by atoms with van der Waals surface area (Å²) in [6.45, 7) is 0. The van der Waals surface area contributed by atoms with Crippen LogP contribution in [0.3, 0.4) is 0 Å². The second-order valence-corrected chi connectivity index (χ2v) is 4.70. The Morgan fingerprint density at radius 1 is 1.06 bits per heavy atom. The Labute approximate surface area is 118 Å². The zero-order valence-corrected chi connectivity index (χ0v) is 11.1. The Morgan fingerprint density at radius 3 is 2.39 bits per heavy atom. The van der Waals surface area contributed by atoms with Crippen LogP contribution in [-0.2, 0) is 0 Å². The largest absolute Gasteiger partial charge is 0.478 e. The smallest absolute Gasteiger partial charge is 0.335 e. The van der Waals surface area contributed by atoms with Crippen LogP contribution in [0.1, 0.15) is 10.4 Å². The van der Waals surface area contributed by atoms with Crippen molar-refractivity contribution in [2.45, 2.75) is 0 Å². The van der Waals surface area contributed by atoms with Gasteiger partial charge >= 0.3 is 5.97 Å². The van der Waals surface area contributed by atoms with Gasteiger partial charge in [-0.2, -0.15) is 0 Å². The predicted octanol–water partition coefficient (Wildman–Crippen LogP) is 4.41. The van der Waals surface area contributed by atoms with Crippen LogP contribution in [-0.4, -0.2) is 16.1 Å². The van der Waals surface area contributed by atoms with Crippen molar-refractivity contribution < 1.29 is 9.90 Å². The van der Waals surface area contributed by atoms with E-state index in [1.807, 2.05) is 0 Å². The number of hydrogen-bond donors (Lipinski definition) is 1. The lowest BCUT2D eigenvalue weighted by Gasteiger charge is -2.06. The second-order valence-electron chi connectivity index (χ2n) is 3.48. The van der Waals surface area contributed by atoms with E-state index in [1.54, 1.807) is 6.07 Å². The summed E-state index contributed by atoms with van der Waals surface area (Å²) < 4.78 is 0. The highest BCUT2D eigenvalue weighted by molar-refractivity contribution is 6.44. The summed E-state index contributed by atoms with van der Waals surface area (Å²) in [5.74, 6) is -1.03. The summed E-state index contributed by atoms with van der Waals surface area (Å²) in [5.41, 5.74) is 1.09. The minimum Gasteiger partial charge on any atom is -0.478 e. The van der Waals surface area contributed by atoms with E-state index < -0.39 is 5.97 Å². The van der Waals surface area contributed by atoms with Gasteiger partial charge in [-0.25, -0.2) is 4.79 Å². The maximum atomic E-state index is 10.9. The van der Waals surface area contributed by atoms with Crippen LogP contribution in [0.15, 0.2) is 30.5 Å². The molecule has 0 spiro atoms. The molecular weight excluding hydrogens is 296 g/mol. The molecule has 0 atom stereocenters. The molecule has 0 unspecified atom stereocenters. The van der Waals surface area contributed by atoms with E-state index in [0.717, 1.165) is 0 Å². The molecule has 0 bridgehead atoms. The number of hydrogen-bond acceptors (Lipinski definition) is 2. The van der Waals surface area contributed by atoms with Crippen LogP contribution in [0.5, 0.6) is 0 Å². The van der Waals surface area contributed by atoms with Crippen molar-refractivity contribution in [1.82, 2.24) is 4.98 Å². The Bertz CT molecular complexity index is 629. The summed E-state index contributed by atoms with van der Waals surface area (Å²) in [5, 5.41) is 9.94. The highest BCUT2D eigenvalue weighted by Crippen LogP contribution is 2.34. The Morgan fingerprint density at radius 2 is 1.72 bits per heavy atom. The molecule has 0 saturated heterocycles. The van der Waals surface area contributed by atoms with Crippen molar-refractivity contribution in [3.05, 3.63) is 51.1 Å². The van der Waals surface area contributed by atoms with Gasteiger partial charge in [0.05, 0.1) is 26.3 Å². The average Bonchev–Trinajstić information content (AvgIpc) is 2.34. The number of nitrogens with zero attached hydrogens (tertiary/aromatic N) is 1. The fraction of sp³-hybridized carbons (Fsp3) is 0. The van der Waals surface area contributed by atoms with Crippen molar-refractivity contribution in [1.29, 1.82) is 0 Å². The molecule has 1 heterocycles. The normalized spacial score (nSPS) is 10.4. The van der Waals surface area contributed by atoms with Crippen molar-refractivity contribution in [2.75, 3.05) is 0 Å². The number of carbonyl (C=O) groups is 1. The predicted molar refractivity (Wildman–Crippen MR) is 71.7 cm³/mol. The molecule has 0 saturated carbocycles. The lowest BCUT2D eigenvalue weighted by atomic mass is 10.1. The Hall–Kier alpha value is -1.29. The van der Waals surface area contributed by atoms with Crippen LogP contribution in [0.2, 0.25) is 15.1 Å². The van der Waals surface area contributed by atoms with Gasteiger partial charge in [-0.1, -0.05) is 34.8 Å². The second kappa shape index (κ2) is 5.14. The third-order valence-electron chi connectivity index (χ3n) is 2.29. The van der Waals surface area contributed by atoms with Gasteiger partial charge < -0.3 is 5.11 Å². The number of carboxylic acids is 1. The Balaban J connectivity index is 2.58. The monoisotopic (exact) mass is 301 g/mol. The first-order valence-corrected chi connectivity index (χ1v) is 5.96. The van der Waals surface area contributed by atoms with Gasteiger partial charge in [-0.15, -0.1) is 0 Å². The minimum atomic E-state index is -1.03. The lowest BCUT2D eigenvalue weighted by Crippen LogP contribution is -1.97. The standard InChI is InChI=1S/C12H6Cl3NO2/c13-8-5-10(15)9(14)4-7(8)11-3-6(12(17)18)1-2-16-11/h1-5H,(H,17,18). The molecule has 2 rings (SSSR count). The van der Waals surface area contributed by atoms with Crippen LogP contribution in [0, 0.1) is 0 Å². The molecule has 2 aromatic rings. The number of rotatable bonds is 2. The van der Waals surface area contributed by atoms with Gasteiger partial charge in [0.25, 0.3) is 0 Å². The van der Waals surface area contributed by atoms with Crippen LogP contribution in [0.4, 0.5) is 0 Å². The van der Waals surface area contributed by atoms with Crippen molar-refractivity contribution in [3.63, 3.8) is 0 Å². The van der Waals surface area contributed by atoms with Crippen molar-refractivity contribution in [3.8, 4) is 11.3 Å². The van der Waals surface area contributed by atoms with E-state index in [2.05, 4.69) is 4.98 Å². The molecule has 1 aromatic carbocycles. The maximum Gasteiger partial charge on any atom is 0.335 e. The molecule has 1 aromatic heterocycles. The third-order valence-corrected chi connectivity index (χ3v) is 3.33. The molecule has 0 aliphatic rings. The average molecular weight is 303 g/mol. The van der Waals surface area contributed by atoms with Gasteiger partial charge in [0.15, 0.2) is 0 Å². The summed E-state index contributed by atoms with van der Waals surface area (Å²) >= 11 is 17.8. The van der Waals surface area contributed by atoms with Crippen LogP contribution < -0.4 is 0 Å². The molecule has 1 N–H and O–H groups in total. The maximum absolute atomic E-state index is 10.9. The molecule has 18 heavy (non-hydrogen) atoms. The fourth-order valence-corrected chi connectivity index (χ4v) is 2.07. The third kappa shape index (κ3) is 2.58. The van der Waals surface area contributed by atoms with Crippen molar-refractivity contribution in [2.24, 2.45) is 0 Å². The van der Waals surface area contributed by atoms with E-state index in [1.165, 1.54) is 24.4 Å². The zero-order chi connectivity index (χ0) is 13.3. The number of carboxylic acid groups (broad SMARTS) is 1. The number of halogens is 3. The number of aromatic carboxylic acids is 1. The van der Waals surface area contributed by atoms with E-state index in [9.17, 15) is 4.79 Å². The molecule has 92 valence electrons. The molecular formula is C12H6Cl3NO2. The van der Waals surface area contributed by atoms with Gasteiger partial charge in [-0.05, 0) is 24.3 Å². The summed E-state index contributed by atoms with van der Waals surface area (Å²) in [7, 11) is 0. The molecule has 0 fully saturated rings. The summed E-state index contributed by atoms with van der Waals surface area (Å²) in [6.07, 6.45) is 1.40. The van der Waals surface area contributed by atoms with E-state index in [0.29, 0.717) is 26.3 Å². The van der Waals surface area contributed by atoms with E-state index >= 15 is 0 Å². The number of aromatic nitrogens is 1. The fourth-order valence-electron chi connectivity index (χ4n) is 1.43. The van der Waals surface area contributed by atoms with Gasteiger partial charge in [0.1, 0.15) is 0 Å². The summed E-state index contributed by atoms with van der Waals surface area (Å²) in [4.78, 5) is 15.0. The highest BCUT2D eigenvalue weighted by Gasteiger charge is 2.11. The molecule has 3 nitrogen and oxygen atoms in total. The molecule has 0 aliphatic carbocycles. The first-order valence-electron chi connectivity index (χ1n) is 4.83. The number of benzene rings is 1. The molecule has 6 heteroatoms. The first-order chi connectivity index (χ1) is 8.49. The zero-order valence-electron chi connectivity index (χ0n) is 8.82. The lowest BCUT2D eigenvalue weighted by molar-refractivity contribution is 0.0697. The van der Waals surface area contributed by atoms with E-state index in [-0.39, 0.29) is 5.56 Å². The van der Waals surface area contributed by atoms with Gasteiger partial charge in [-0.3, -0.25) is 4.98 Å². The minimum absolute atomic E-state index is 0.127. The Kier molecular flexibility index (Phi) is 3.76. The first kappa shape index (κ1) is 13.1. The molecule has 0 radical (unpaired) electrons. The highest BCUT2D eigenvalue weighted by atomic mass is 35.5. The number of pyridine rings is 1. The van der Waals surface area contributed by atoms with Gasteiger partial charge in [0.2, 0.25) is 0 Å². The summed E-state index contributed by atoms with van der Waals surface area (Å²) in [6, 6.07) is 5.88. The quantitative estimate of drug-likeness (QED) is 0.836. The van der Waals surface area contributed by atoms with Crippen LogP contribution in [0.25, 0.3) is 11.3 Å². The SMILES string of the molecule is O=C(O)c1ccnc(-c2cc(Cl)c(Cl)cc2Cl)c1. The topological polar surface area (TPSA) is 50.2 Å². The van der Waals surface area contributed by atoms with Crippen LogP contribution >= 0.6 is 34.8 Å². The van der Waals surface area contributed by atoms with E-state index in [4.69, 9.17) is 39.9 Å². The van der Waals surface area contributed by atoms with Gasteiger partial charge in [0, 0.05) is 11.8 Å².